The topological polar surface area (TPSA) is 21.3 Å². The van der Waals surface area contributed by atoms with E-state index in [1.807, 2.05) is 30.3 Å². The van der Waals surface area contributed by atoms with E-state index in [-0.39, 0.29) is 36.1 Å². The average molecular weight is 454 g/mol. The van der Waals surface area contributed by atoms with Crippen molar-refractivity contribution in [2.75, 3.05) is 13.1 Å². The van der Waals surface area contributed by atoms with Crippen molar-refractivity contribution in [3.05, 3.63) is 70.8 Å². The van der Waals surface area contributed by atoms with Crippen molar-refractivity contribution in [3.63, 3.8) is 0 Å². The second-order valence-corrected chi connectivity index (χ2v) is 7.17. The molecule has 1 saturated heterocycles. The van der Waals surface area contributed by atoms with Crippen LogP contribution in [-0.2, 0) is 17.1 Å². The molecule has 2 nitrogen and oxygen atoms in total. The van der Waals surface area contributed by atoms with Gasteiger partial charge in [0.2, 0.25) is 0 Å². The summed E-state index contributed by atoms with van der Waals surface area (Å²) in [5.74, 6) is -0.0414. The Morgan fingerprint density at radius 1 is 0.933 bits per heavy atom. The molecule has 0 radical (unpaired) electrons. The molecule has 30 heavy (non-hydrogen) atoms. The fourth-order valence-corrected chi connectivity index (χ4v) is 3.58. The maximum absolute atomic E-state index is 13.1. The maximum Gasteiger partial charge on any atom is 0.416 e. The van der Waals surface area contributed by atoms with Crippen LogP contribution in [0.5, 0.6) is 0 Å². The molecule has 1 N–H and O–H groups in total. The van der Waals surface area contributed by atoms with Gasteiger partial charge >= 0.3 is 12.4 Å². The Hall–Kier alpha value is -1.77. The van der Waals surface area contributed by atoms with Crippen LogP contribution in [-0.4, -0.2) is 19.2 Å². The lowest BCUT2D eigenvalue weighted by molar-refractivity contribution is -0.143. The fraction of sp³-hybridized carbons (Fsp3) is 0.429. The molecule has 2 aromatic rings. The van der Waals surface area contributed by atoms with Crippen LogP contribution in [0, 0.1) is 0 Å². The Labute approximate surface area is 177 Å². The third-order valence-electron chi connectivity index (χ3n) is 5.10. The van der Waals surface area contributed by atoms with Crippen LogP contribution in [0.15, 0.2) is 48.5 Å². The van der Waals surface area contributed by atoms with E-state index in [4.69, 9.17) is 4.74 Å². The molecule has 0 bridgehead atoms. The smallest absolute Gasteiger partial charge is 0.370 e. The molecule has 3 atom stereocenters. The molecule has 0 unspecified atom stereocenters. The second kappa shape index (κ2) is 9.58. The number of hydrogen-bond acceptors (Lipinski definition) is 2. The Kier molecular flexibility index (Phi) is 7.82. The van der Waals surface area contributed by atoms with Crippen LogP contribution >= 0.6 is 12.4 Å². The molecule has 1 fully saturated rings. The summed E-state index contributed by atoms with van der Waals surface area (Å²) in [5.41, 5.74) is -1.79. The highest BCUT2D eigenvalue weighted by atomic mass is 35.5. The Balaban J connectivity index is 0.00000320. The standard InChI is InChI=1S/C21H21F6NO.ClH/c1-13(15-9-16(20(22,23)24)11-17(10-15)21(25,26)27)29-19-7-8-28-12-18(19)14-5-3-2-4-6-14;/h2-6,9-11,13,18-19,28H,7-8,12H2,1H3;1H/t13-,18-,19-;/m0./s1. The average Bonchev–Trinajstić information content (AvgIpc) is 2.67. The van der Waals surface area contributed by atoms with Crippen LogP contribution in [0.1, 0.15) is 47.6 Å². The zero-order valence-electron chi connectivity index (χ0n) is 16.1. The predicted molar refractivity (Wildman–Crippen MR) is 104 cm³/mol. The van der Waals surface area contributed by atoms with E-state index in [0.717, 1.165) is 17.7 Å². The quantitative estimate of drug-likeness (QED) is 0.543. The van der Waals surface area contributed by atoms with E-state index < -0.39 is 29.6 Å². The van der Waals surface area contributed by atoms with E-state index in [0.29, 0.717) is 19.5 Å². The normalized spacial score (nSPS) is 21.0. The molecular formula is C21H22ClF6NO. The van der Waals surface area contributed by atoms with Gasteiger partial charge in [-0.05, 0) is 49.2 Å². The van der Waals surface area contributed by atoms with Crippen molar-refractivity contribution >= 4 is 12.4 Å². The van der Waals surface area contributed by atoms with Gasteiger partial charge in [0.1, 0.15) is 0 Å². The summed E-state index contributed by atoms with van der Waals surface area (Å²) in [4.78, 5) is 0. The number of halogens is 7. The summed E-state index contributed by atoms with van der Waals surface area (Å²) >= 11 is 0. The van der Waals surface area contributed by atoms with Gasteiger partial charge < -0.3 is 10.1 Å². The van der Waals surface area contributed by atoms with Gasteiger partial charge in [-0.15, -0.1) is 12.4 Å². The molecular weight excluding hydrogens is 432 g/mol. The number of piperidine rings is 1. The number of nitrogens with one attached hydrogen (secondary N) is 1. The van der Waals surface area contributed by atoms with E-state index >= 15 is 0 Å². The minimum atomic E-state index is -4.88. The highest BCUT2D eigenvalue weighted by Crippen LogP contribution is 2.39. The lowest BCUT2D eigenvalue weighted by atomic mass is 9.88. The van der Waals surface area contributed by atoms with Gasteiger partial charge in [-0.2, -0.15) is 26.3 Å². The Bertz CT molecular complexity index is 792. The van der Waals surface area contributed by atoms with Gasteiger partial charge in [0, 0.05) is 12.5 Å². The van der Waals surface area contributed by atoms with Crippen LogP contribution in [0.25, 0.3) is 0 Å². The first-order valence-electron chi connectivity index (χ1n) is 9.26. The lowest BCUT2D eigenvalue weighted by Gasteiger charge is -2.34. The molecule has 1 aliphatic rings. The molecule has 166 valence electrons. The van der Waals surface area contributed by atoms with Crippen LogP contribution in [0.2, 0.25) is 0 Å². The molecule has 0 aromatic heterocycles. The summed E-state index contributed by atoms with van der Waals surface area (Å²) in [6.07, 6.45) is -10.4. The SMILES string of the molecule is C[C@H](O[C@H]1CCNC[C@H]1c1ccccc1)c1cc(C(F)(F)F)cc(C(F)(F)F)c1.Cl. The van der Waals surface area contributed by atoms with Gasteiger partial charge in [0.05, 0.1) is 23.3 Å². The highest BCUT2D eigenvalue weighted by molar-refractivity contribution is 5.85. The minimum Gasteiger partial charge on any atom is -0.370 e. The summed E-state index contributed by atoms with van der Waals surface area (Å²) in [5, 5.41) is 3.26. The first-order chi connectivity index (χ1) is 13.6. The van der Waals surface area contributed by atoms with Crippen molar-refractivity contribution in [3.8, 4) is 0 Å². The second-order valence-electron chi connectivity index (χ2n) is 7.17. The number of benzene rings is 2. The van der Waals surface area contributed by atoms with E-state index in [2.05, 4.69) is 5.32 Å². The number of hydrogen-bond donors (Lipinski definition) is 1. The first-order valence-corrected chi connectivity index (χ1v) is 9.26. The van der Waals surface area contributed by atoms with Gasteiger partial charge in [-0.25, -0.2) is 0 Å². The number of rotatable bonds is 4. The molecule has 3 rings (SSSR count). The summed E-state index contributed by atoms with van der Waals surface area (Å²) in [7, 11) is 0. The molecule has 9 heteroatoms. The third kappa shape index (κ3) is 5.89. The van der Waals surface area contributed by atoms with Crippen molar-refractivity contribution < 1.29 is 31.1 Å². The molecule has 2 aromatic carbocycles. The zero-order valence-corrected chi connectivity index (χ0v) is 16.9. The molecule has 1 heterocycles. The van der Waals surface area contributed by atoms with Gasteiger partial charge in [-0.1, -0.05) is 30.3 Å². The van der Waals surface area contributed by atoms with Crippen molar-refractivity contribution in [1.82, 2.24) is 5.32 Å². The molecule has 0 saturated carbocycles. The van der Waals surface area contributed by atoms with Crippen LogP contribution < -0.4 is 5.32 Å². The van der Waals surface area contributed by atoms with Gasteiger partial charge in [0.15, 0.2) is 0 Å². The molecule has 1 aliphatic heterocycles. The van der Waals surface area contributed by atoms with Crippen molar-refractivity contribution in [2.24, 2.45) is 0 Å². The first kappa shape index (κ1) is 24.5. The van der Waals surface area contributed by atoms with E-state index in [1.54, 1.807) is 0 Å². The van der Waals surface area contributed by atoms with Crippen LogP contribution in [0.4, 0.5) is 26.3 Å². The molecule has 0 aliphatic carbocycles. The van der Waals surface area contributed by atoms with E-state index in [1.165, 1.54) is 6.92 Å². The summed E-state index contributed by atoms with van der Waals surface area (Å²) in [6.45, 7) is 2.77. The predicted octanol–water partition coefficient (Wildman–Crippen LogP) is 6.37. The zero-order chi connectivity index (χ0) is 21.2. The summed E-state index contributed by atoms with van der Waals surface area (Å²) in [6, 6.07) is 11.1. The number of alkyl halides is 6. The lowest BCUT2D eigenvalue weighted by Crippen LogP contribution is -2.40. The number of ether oxygens (including phenoxy) is 1. The van der Waals surface area contributed by atoms with Gasteiger partial charge in [-0.3, -0.25) is 0 Å². The third-order valence-corrected chi connectivity index (χ3v) is 5.10. The van der Waals surface area contributed by atoms with Crippen LogP contribution in [0.3, 0.4) is 0 Å². The summed E-state index contributed by atoms with van der Waals surface area (Å²) < 4.78 is 84.8. The van der Waals surface area contributed by atoms with Gasteiger partial charge in [0.25, 0.3) is 0 Å². The molecule has 0 spiro atoms. The van der Waals surface area contributed by atoms with E-state index in [9.17, 15) is 26.3 Å². The monoisotopic (exact) mass is 453 g/mol. The largest absolute Gasteiger partial charge is 0.416 e. The van der Waals surface area contributed by atoms with Crippen molar-refractivity contribution in [2.45, 2.75) is 43.8 Å². The maximum atomic E-state index is 13.1. The Morgan fingerprint density at radius 2 is 1.50 bits per heavy atom. The fourth-order valence-electron chi connectivity index (χ4n) is 3.58. The highest BCUT2D eigenvalue weighted by Gasteiger charge is 2.38. The minimum absolute atomic E-state index is 0. The molecule has 0 amide bonds. The van der Waals surface area contributed by atoms with Crippen molar-refractivity contribution in [1.29, 1.82) is 0 Å². The Morgan fingerprint density at radius 3 is 2.03 bits per heavy atom.